The number of halogens is 2. The highest BCUT2D eigenvalue weighted by Crippen LogP contribution is 2.29. The fourth-order valence-corrected chi connectivity index (χ4v) is 2.74. The molecule has 1 aliphatic heterocycles. The van der Waals surface area contributed by atoms with E-state index in [-0.39, 0.29) is 18.0 Å². The van der Waals surface area contributed by atoms with Gasteiger partial charge in [0.05, 0.1) is 7.11 Å². The Morgan fingerprint density at radius 3 is 2.31 bits per heavy atom. The van der Waals surface area contributed by atoms with Crippen LogP contribution >= 0.6 is 0 Å². The van der Waals surface area contributed by atoms with Crippen molar-refractivity contribution in [1.82, 2.24) is 14.7 Å². The number of alkyl halides is 2. The third kappa shape index (κ3) is 4.79. The van der Waals surface area contributed by atoms with Crippen LogP contribution in [0.5, 0.6) is 11.5 Å². The first-order chi connectivity index (χ1) is 13.6. The van der Waals surface area contributed by atoms with Gasteiger partial charge in [-0.15, -0.1) is 0 Å². The Morgan fingerprint density at radius 2 is 1.79 bits per heavy atom. The van der Waals surface area contributed by atoms with E-state index < -0.39 is 43.0 Å². The van der Waals surface area contributed by atoms with Crippen LogP contribution in [0.4, 0.5) is 13.6 Å². The quantitative estimate of drug-likeness (QED) is 0.473. The standard InChI is InChI=1S/C18H21F2N3O6/c1-10(2)23-16(26)15(25)22(18(23)27)9-14(24)21(3)8-11-5-6-12(29-17(19)20)13(7-11)28-4/h5-7,10,17H,8-9H2,1-4H3. The van der Waals surface area contributed by atoms with E-state index >= 15 is 0 Å². The van der Waals surface area contributed by atoms with Gasteiger partial charge in [-0.3, -0.25) is 19.3 Å². The zero-order chi connectivity index (χ0) is 21.9. The number of hydrogen-bond acceptors (Lipinski definition) is 6. The highest BCUT2D eigenvalue weighted by molar-refractivity contribution is 6.45. The zero-order valence-corrected chi connectivity index (χ0v) is 16.3. The minimum atomic E-state index is -3.01. The molecule has 1 aromatic rings. The number of likely N-dealkylation sites (N-methyl/N-ethyl adjacent to an activating group) is 1. The number of nitrogens with zero attached hydrogens (tertiary/aromatic N) is 3. The lowest BCUT2D eigenvalue weighted by atomic mass is 10.2. The molecular weight excluding hydrogens is 392 g/mol. The summed E-state index contributed by atoms with van der Waals surface area (Å²) in [5.74, 6) is -2.70. The molecule has 0 unspecified atom stereocenters. The average molecular weight is 413 g/mol. The fraction of sp³-hybridized carbons (Fsp3) is 0.444. The van der Waals surface area contributed by atoms with Gasteiger partial charge in [-0.05, 0) is 31.5 Å². The number of rotatable bonds is 8. The van der Waals surface area contributed by atoms with E-state index in [1.807, 2.05) is 0 Å². The van der Waals surface area contributed by atoms with E-state index in [0.717, 1.165) is 4.90 Å². The molecule has 1 aromatic carbocycles. The molecule has 5 amide bonds. The van der Waals surface area contributed by atoms with Crippen LogP contribution in [0.15, 0.2) is 18.2 Å². The zero-order valence-electron chi connectivity index (χ0n) is 16.3. The lowest BCUT2D eigenvalue weighted by Crippen LogP contribution is -2.42. The van der Waals surface area contributed by atoms with Crippen LogP contribution in [-0.4, -0.2) is 71.8 Å². The van der Waals surface area contributed by atoms with Crippen molar-refractivity contribution in [3.05, 3.63) is 23.8 Å². The number of methoxy groups -OCH3 is 1. The Morgan fingerprint density at radius 1 is 1.14 bits per heavy atom. The predicted octanol–water partition coefficient (Wildman–Crippen LogP) is 1.45. The first kappa shape index (κ1) is 22.1. The molecular formula is C18H21F2N3O6. The number of carbonyl (C=O) groups excluding carboxylic acids is 4. The molecule has 9 nitrogen and oxygen atoms in total. The van der Waals surface area contributed by atoms with E-state index in [4.69, 9.17) is 4.74 Å². The molecule has 29 heavy (non-hydrogen) atoms. The van der Waals surface area contributed by atoms with Crippen LogP contribution in [0.3, 0.4) is 0 Å². The number of benzene rings is 1. The molecule has 1 fully saturated rings. The number of carbonyl (C=O) groups is 4. The summed E-state index contributed by atoms with van der Waals surface area (Å²) in [7, 11) is 2.72. The van der Waals surface area contributed by atoms with Crippen molar-refractivity contribution in [2.24, 2.45) is 0 Å². The van der Waals surface area contributed by atoms with Crippen molar-refractivity contribution in [3.8, 4) is 11.5 Å². The highest BCUT2D eigenvalue weighted by atomic mass is 19.3. The molecule has 0 atom stereocenters. The summed E-state index contributed by atoms with van der Waals surface area (Å²) in [6.07, 6.45) is 0. The molecule has 0 spiro atoms. The third-order valence-corrected chi connectivity index (χ3v) is 4.18. The molecule has 1 heterocycles. The maximum Gasteiger partial charge on any atom is 0.387 e. The predicted molar refractivity (Wildman–Crippen MR) is 95.2 cm³/mol. The van der Waals surface area contributed by atoms with Crippen LogP contribution in [0.2, 0.25) is 0 Å². The summed E-state index contributed by atoms with van der Waals surface area (Å²) < 4.78 is 34.1. The monoisotopic (exact) mass is 413 g/mol. The SMILES string of the molecule is COc1cc(CN(C)C(=O)CN2C(=O)C(=O)N(C(C)C)C2=O)ccc1OC(F)F. The first-order valence-electron chi connectivity index (χ1n) is 8.61. The minimum absolute atomic E-state index is 0.0439. The molecule has 0 aliphatic carbocycles. The minimum Gasteiger partial charge on any atom is -0.493 e. The van der Waals surface area contributed by atoms with Gasteiger partial charge < -0.3 is 14.4 Å². The summed E-state index contributed by atoms with van der Waals surface area (Å²) in [6.45, 7) is -0.401. The summed E-state index contributed by atoms with van der Waals surface area (Å²) in [5.41, 5.74) is 0.540. The van der Waals surface area contributed by atoms with E-state index in [2.05, 4.69) is 4.74 Å². The number of urea groups is 1. The number of imide groups is 2. The van der Waals surface area contributed by atoms with Gasteiger partial charge in [0, 0.05) is 19.6 Å². The van der Waals surface area contributed by atoms with E-state index in [9.17, 15) is 28.0 Å². The second kappa shape index (κ2) is 8.84. The molecule has 0 N–H and O–H groups in total. The van der Waals surface area contributed by atoms with Crippen LogP contribution < -0.4 is 9.47 Å². The van der Waals surface area contributed by atoms with Crippen molar-refractivity contribution in [2.75, 3.05) is 20.7 Å². The summed E-state index contributed by atoms with van der Waals surface area (Å²) in [4.78, 5) is 51.2. The fourth-order valence-electron chi connectivity index (χ4n) is 2.74. The van der Waals surface area contributed by atoms with Gasteiger partial charge in [-0.25, -0.2) is 9.69 Å². The first-order valence-corrected chi connectivity index (χ1v) is 8.61. The van der Waals surface area contributed by atoms with E-state index in [0.29, 0.717) is 10.5 Å². The van der Waals surface area contributed by atoms with Crippen molar-refractivity contribution < 1.29 is 37.4 Å². The Kier molecular flexibility index (Phi) is 6.72. The highest BCUT2D eigenvalue weighted by Gasteiger charge is 2.46. The van der Waals surface area contributed by atoms with Crippen molar-refractivity contribution >= 4 is 23.8 Å². The molecule has 1 saturated heterocycles. The lowest BCUT2D eigenvalue weighted by molar-refractivity contribution is -0.145. The maximum atomic E-state index is 12.4. The Bertz CT molecular complexity index is 830. The number of amides is 5. The molecule has 0 bridgehead atoms. The van der Waals surface area contributed by atoms with Gasteiger partial charge in [0.25, 0.3) is 0 Å². The normalized spacial score (nSPS) is 14.3. The molecule has 0 radical (unpaired) electrons. The third-order valence-electron chi connectivity index (χ3n) is 4.18. The largest absolute Gasteiger partial charge is 0.493 e. The smallest absolute Gasteiger partial charge is 0.387 e. The summed E-state index contributed by atoms with van der Waals surface area (Å²) >= 11 is 0. The van der Waals surface area contributed by atoms with Gasteiger partial charge >= 0.3 is 24.5 Å². The molecule has 0 saturated carbocycles. The van der Waals surface area contributed by atoms with Gasteiger partial charge in [-0.1, -0.05) is 6.07 Å². The van der Waals surface area contributed by atoms with Crippen molar-refractivity contribution in [2.45, 2.75) is 33.0 Å². The molecule has 2 rings (SSSR count). The van der Waals surface area contributed by atoms with Gasteiger partial charge in [0.1, 0.15) is 6.54 Å². The second-order valence-electron chi connectivity index (χ2n) is 6.56. The van der Waals surface area contributed by atoms with Gasteiger partial charge in [-0.2, -0.15) is 8.78 Å². The summed E-state index contributed by atoms with van der Waals surface area (Å²) in [6, 6.07) is 2.83. The Hall–Kier alpha value is -3.24. The topological polar surface area (TPSA) is 96.5 Å². The average Bonchev–Trinajstić information content (AvgIpc) is 2.85. The number of hydrogen-bond donors (Lipinski definition) is 0. The molecule has 1 aliphatic rings. The van der Waals surface area contributed by atoms with Crippen molar-refractivity contribution in [3.63, 3.8) is 0 Å². The van der Waals surface area contributed by atoms with Crippen LogP contribution in [0, 0.1) is 0 Å². The summed E-state index contributed by atoms with van der Waals surface area (Å²) in [5, 5.41) is 0. The van der Waals surface area contributed by atoms with E-state index in [1.54, 1.807) is 13.8 Å². The molecule has 0 aromatic heterocycles. The number of ether oxygens (including phenoxy) is 2. The van der Waals surface area contributed by atoms with Crippen LogP contribution in [0.1, 0.15) is 19.4 Å². The molecule has 158 valence electrons. The van der Waals surface area contributed by atoms with Crippen LogP contribution in [0.25, 0.3) is 0 Å². The lowest BCUT2D eigenvalue weighted by Gasteiger charge is -2.22. The van der Waals surface area contributed by atoms with Crippen molar-refractivity contribution in [1.29, 1.82) is 0 Å². The van der Waals surface area contributed by atoms with Crippen LogP contribution in [-0.2, 0) is 20.9 Å². The maximum absolute atomic E-state index is 12.4. The van der Waals surface area contributed by atoms with Gasteiger partial charge in [0.15, 0.2) is 11.5 Å². The Balaban J connectivity index is 2.07. The Labute approximate surface area is 165 Å². The van der Waals surface area contributed by atoms with E-state index in [1.165, 1.54) is 37.3 Å². The second-order valence-corrected chi connectivity index (χ2v) is 6.56. The van der Waals surface area contributed by atoms with Gasteiger partial charge in [0.2, 0.25) is 5.91 Å². The molecule has 11 heteroatoms.